The summed E-state index contributed by atoms with van der Waals surface area (Å²) in [5, 5.41) is 20.4. The second-order valence-corrected chi connectivity index (χ2v) is 7.36. The van der Waals surface area contributed by atoms with E-state index in [0.29, 0.717) is 11.7 Å². The van der Waals surface area contributed by atoms with Gasteiger partial charge in [-0.05, 0) is 38.1 Å². The van der Waals surface area contributed by atoms with E-state index < -0.39 is 0 Å². The predicted octanol–water partition coefficient (Wildman–Crippen LogP) is 5.67. The van der Waals surface area contributed by atoms with Crippen LogP contribution < -0.4 is 0 Å². The standard InChI is InChI=1S/C19H19N3OS/c1-12-3-6-14(7-4-12)20-21-18-16-9-13(2)5-8-17(16)22(19(18)23)15-10-24-11-15/h3-9,15,23H,10-11H2,1-2H3. The van der Waals surface area contributed by atoms with Crippen LogP contribution in [-0.4, -0.2) is 21.2 Å². The minimum Gasteiger partial charge on any atom is -0.493 e. The zero-order valence-corrected chi connectivity index (χ0v) is 14.5. The van der Waals surface area contributed by atoms with Crippen LogP contribution >= 0.6 is 11.8 Å². The predicted molar refractivity (Wildman–Crippen MR) is 100 cm³/mol. The monoisotopic (exact) mass is 337 g/mol. The molecule has 0 atom stereocenters. The molecule has 5 heteroatoms. The van der Waals surface area contributed by atoms with Gasteiger partial charge in [-0.2, -0.15) is 16.9 Å². The number of aromatic hydroxyl groups is 1. The maximum Gasteiger partial charge on any atom is 0.221 e. The normalized spacial score (nSPS) is 15.2. The van der Waals surface area contributed by atoms with Crippen molar-refractivity contribution in [2.75, 3.05) is 11.5 Å². The first-order chi connectivity index (χ1) is 11.6. The first-order valence-electron chi connectivity index (χ1n) is 8.03. The third kappa shape index (κ3) is 2.59. The largest absolute Gasteiger partial charge is 0.493 e. The van der Waals surface area contributed by atoms with E-state index in [-0.39, 0.29) is 5.88 Å². The van der Waals surface area contributed by atoms with Crippen molar-refractivity contribution in [2.45, 2.75) is 19.9 Å². The molecule has 0 unspecified atom stereocenters. The fourth-order valence-electron chi connectivity index (χ4n) is 2.96. The van der Waals surface area contributed by atoms with Gasteiger partial charge in [-0.1, -0.05) is 29.3 Å². The van der Waals surface area contributed by atoms with Gasteiger partial charge in [-0.25, -0.2) is 0 Å². The summed E-state index contributed by atoms with van der Waals surface area (Å²) in [6, 6.07) is 14.4. The van der Waals surface area contributed by atoms with Gasteiger partial charge in [-0.3, -0.25) is 0 Å². The van der Waals surface area contributed by atoms with Crippen LogP contribution in [0.3, 0.4) is 0 Å². The molecule has 1 aliphatic rings. The van der Waals surface area contributed by atoms with Crippen molar-refractivity contribution in [1.29, 1.82) is 0 Å². The van der Waals surface area contributed by atoms with Gasteiger partial charge in [-0.15, -0.1) is 5.11 Å². The summed E-state index contributed by atoms with van der Waals surface area (Å²) in [6.45, 7) is 4.09. The Hall–Kier alpha value is -2.27. The summed E-state index contributed by atoms with van der Waals surface area (Å²) in [4.78, 5) is 0. The average Bonchev–Trinajstić information content (AvgIpc) is 2.78. The number of thioether (sulfide) groups is 1. The molecule has 3 aromatic rings. The topological polar surface area (TPSA) is 49.9 Å². The van der Waals surface area contributed by atoms with Crippen molar-refractivity contribution in [3.8, 4) is 5.88 Å². The second kappa shape index (κ2) is 5.98. The van der Waals surface area contributed by atoms with Crippen molar-refractivity contribution in [3.63, 3.8) is 0 Å². The number of benzene rings is 2. The molecule has 1 aromatic heterocycles. The lowest BCUT2D eigenvalue weighted by molar-refractivity contribution is 0.406. The fraction of sp³-hybridized carbons (Fsp3) is 0.263. The van der Waals surface area contributed by atoms with Gasteiger partial charge in [0.05, 0.1) is 17.2 Å². The Morgan fingerprint density at radius 3 is 2.38 bits per heavy atom. The molecular formula is C19H19N3OS. The van der Waals surface area contributed by atoms with Crippen LogP contribution in [0.25, 0.3) is 10.9 Å². The third-order valence-electron chi connectivity index (χ3n) is 4.39. The number of hydrogen-bond donors (Lipinski definition) is 1. The maximum atomic E-state index is 10.8. The molecule has 2 aromatic carbocycles. The highest BCUT2D eigenvalue weighted by Crippen LogP contribution is 2.45. The van der Waals surface area contributed by atoms with Crippen LogP contribution in [0, 0.1) is 13.8 Å². The fourth-order valence-corrected chi connectivity index (χ4v) is 3.70. The van der Waals surface area contributed by atoms with E-state index in [9.17, 15) is 5.11 Å². The quantitative estimate of drug-likeness (QED) is 0.626. The van der Waals surface area contributed by atoms with Crippen LogP contribution in [0.4, 0.5) is 11.4 Å². The van der Waals surface area contributed by atoms with Gasteiger partial charge >= 0.3 is 0 Å². The van der Waals surface area contributed by atoms with Gasteiger partial charge < -0.3 is 9.67 Å². The maximum absolute atomic E-state index is 10.8. The molecule has 0 amide bonds. The Morgan fingerprint density at radius 1 is 1.00 bits per heavy atom. The smallest absolute Gasteiger partial charge is 0.221 e. The number of nitrogens with zero attached hydrogens (tertiary/aromatic N) is 3. The van der Waals surface area contributed by atoms with Crippen LogP contribution in [0.2, 0.25) is 0 Å². The summed E-state index contributed by atoms with van der Waals surface area (Å²) >= 11 is 1.90. The molecular weight excluding hydrogens is 318 g/mol. The third-order valence-corrected chi connectivity index (χ3v) is 5.63. The lowest BCUT2D eigenvalue weighted by Gasteiger charge is -2.27. The molecule has 0 radical (unpaired) electrons. The molecule has 4 rings (SSSR count). The van der Waals surface area contributed by atoms with Crippen LogP contribution in [0.15, 0.2) is 52.7 Å². The van der Waals surface area contributed by atoms with E-state index in [0.717, 1.165) is 33.7 Å². The van der Waals surface area contributed by atoms with Gasteiger partial charge in [0.2, 0.25) is 5.88 Å². The summed E-state index contributed by atoms with van der Waals surface area (Å²) in [6.07, 6.45) is 0. The van der Waals surface area contributed by atoms with Crippen molar-refractivity contribution in [3.05, 3.63) is 53.6 Å². The van der Waals surface area contributed by atoms with Crippen LogP contribution in [0.1, 0.15) is 17.2 Å². The zero-order valence-electron chi connectivity index (χ0n) is 13.7. The average molecular weight is 337 g/mol. The Balaban J connectivity index is 1.83. The molecule has 0 aliphatic carbocycles. The van der Waals surface area contributed by atoms with Gasteiger partial charge in [0, 0.05) is 16.9 Å². The molecule has 122 valence electrons. The summed E-state index contributed by atoms with van der Waals surface area (Å²) in [5.41, 5.74) is 4.71. The Morgan fingerprint density at radius 2 is 1.71 bits per heavy atom. The molecule has 1 N–H and O–H groups in total. The molecule has 1 aliphatic heterocycles. The van der Waals surface area contributed by atoms with E-state index in [1.54, 1.807) is 0 Å². The van der Waals surface area contributed by atoms with E-state index in [1.807, 2.05) is 54.4 Å². The molecule has 1 fully saturated rings. The SMILES string of the molecule is Cc1ccc(N=Nc2c(O)n(C3CSC3)c3ccc(C)cc23)cc1. The summed E-state index contributed by atoms with van der Waals surface area (Å²) < 4.78 is 2.01. The van der Waals surface area contributed by atoms with E-state index in [4.69, 9.17) is 0 Å². The number of fused-ring (bicyclic) bond motifs is 1. The highest BCUT2D eigenvalue weighted by atomic mass is 32.2. The molecule has 24 heavy (non-hydrogen) atoms. The first kappa shape index (κ1) is 15.3. The van der Waals surface area contributed by atoms with Crippen LogP contribution in [-0.2, 0) is 0 Å². The molecule has 1 saturated heterocycles. The second-order valence-electron chi connectivity index (χ2n) is 6.29. The number of aromatic nitrogens is 1. The van der Waals surface area contributed by atoms with Crippen LogP contribution in [0.5, 0.6) is 5.88 Å². The number of aryl methyl sites for hydroxylation is 2. The molecule has 2 heterocycles. The molecule has 0 spiro atoms. The van der Waals surface area contributed by atoms with E-state index in [1.165, 1.54) is 5.56 Å². The van der Waals surface area contributed by atoms with Crippen molar-refractivity contribution in [2.24, 2.45) is 10.2 Å². The molecule has 4 nitrogen and oxygen atoms in total. The van der Waals surface area contributed by atoms with Gasteiger partial charge in [0.1, 0.15) is 0 Å². The Kier molecular flexibility index (Phi) is 3.81. The summed E-state index contributed by atoms with van der Waals surface area (Å²) in [5.74, 6) is 2.27. The highest BCUT2D eigenvalue weighted by Gasteiger charge is 2.27. The minimum absolute atomic E-state index is 0.219. The minimum atomic E-state index is 0.219. The van der Waals surface area contributed by atoms with E-state index in [2.05, 4.69) is 28.4 Å². The van der Waals surface area contributed by atoms with Gasteiger partial charge in [0.25, 0.3) is 0 Å². The lowest BCUT2D eigenvalue weighted by atomic mass is 10.1. The summed E-state index contributed by atoms with van der Waals surface area (Å²) in [7, 11) is 0. The van der Waals surface area contributed by atoms with Crippen molar-refractivity contribution >= 4 is 34.0 Å². The first-order valence-corrected chi connectivity index (χ1v) is 9.18. The number of rotatable bonds is 3. The highest BCUT2D eigenvalue weighted by molar-refractivity contribution is 8.00. The Labute approximate surface area is 145 Å². The molecule has 0 bridgehead atoms. The lowest BCUT2D eigenvalue weighted by Crippen LogP contribution is -2.22. The number of azo groups is 1. The van der Waals surface area contributed by atoms with Crippen molar-refractivity contribution in [1.82, 2.24) is 4.57 Å². The number of hydrogen-bond acceptors (Lipinski definition) is 4. The zero-order chi connectivity index (χ0) is 16.7. The Bertz CT molecular complexity index is 924. The van der Waals surface area contributed by atoms with E-state index >= 15 is 0 Å². The van der Waals surface area contributed by atoms with Gasteiger partial charge in [0.15, 0.2) is 5.69 Å². The van der Waals surface area contributed by atoms with Crippen molar-refractivity contribution < 1.29 is 5.11 Å². The molecule has 0 saturated carbocycles.